The Kier molecular flexibility index (Phi) is 8.23. The van der Waals surface area contributed by atoms with Gasteiger partial charge in [-0.1, -0.05) is 57.4 Å². The molecular formula is C12H21O2P. The summed E-state index contributed by atoms with van der Waals surface area (Å²) >= 11 is 0. The van der Waals surface area contributed by atoms with Crippen molar-refractivity contribution in [3.63, 3.8) is 0 Å². The highest BCUT2D eigenvalue weighted by Gasteiger charge is 1.95. The van der Waals surface area contributed by atoms with Gasteiger partial charge in [-0.15, -0.1) is 0 Å². The van der Waals surface area contributed by atoms with E-state index in [0.29, 0.717) is 8.43 Å². The highest BCUT2D eigenvalue weighted by atomic mass is 31.1. The topological polar surface area (TPSA) is 26.3 Å². The lowest BCUT2D eigenvalue weighted by atomic mass is 10.0. The zero-order valence-corrected chi connectivity index (χ0v) is 10.3. The van der Waals surface area contributed by atoms with Crippen LogP contribution in [0, 0.1) is 0 Å². The quantitative estimate of drug-likeness (QED) is 0.574. The third kappa shape index (κ3) is 8.38. The van der Waals surface area contributed by atoms with Crippen LogP contribution in [-0.2, 0) is 0 Å². The molecule has 1 atom stereocenters. The van der Waals surface area contributed by atoms with E-state index in [0.717, 1.165) is 0 Å². The van der Waals surface area contributed by atoms with Crippen LogP contribution >= 0.6 is 8.43 Å². The molecule has 0 amide bonds. The highest BCUT2D eigenvalue weighted by Crippen LogP contribution is 2.15. The average molecular weight is 228 g/mol. The summed E-state index contributed by atoms with van der Waals surface area (Å²) in [5.74, 6) is 1.89. The molecule has 1 aromatic rings. The third-order valence-corrected chi connectivity index (χ3v) is 3.03. The molecule has 1 saturated carbocycles. The van der Waals surface area contributed by atoms with Gasteiger partial charge in [0.1, 0.15) is 6.26 Å². The summed E-state index contributed by atoms with van der Waals surface area (Å²) in [6, 6.07) is 3.66. The molecule has 1 aromatic heterocycles. The van der Waals surface area contributed by atoms with Gasteiger partial charge in [-0.2, -0.15) is 0 Å². The second-order valence-corrected chi connectivity index (χ2v) is 4.55. The van der Waals surface area contributed by atoms with Crippen LogP contribution in [0.3, 0.4) is 0 Å². The summed E-state index contributed by atoms with van der Waals surface area (Å²) < 4.78 is 9.01. The van der Waals surface area contributed by atoms with Gasteiger partial charge in [0.2, 0.25) is 0 Å². The fourth-order valence-electron chi connectivity index (χ4n) is 1.67. The van der Waals surface area contributed by atoms with Gasteiger partial charge in [0.25, 0.3) is 0 Å². The van der Waals surface area contributed by atoms with Gasteiger partial charge in [0.05, 0.1) is 8.43 Å². The van der Waals surface area contributed by atoms with Crippen LogP contribution in [0.2, 0.25) is 0 Å². The van der Waals surface area contributed by atoms with Gasteiger partial charge in [0.15, 0.2) is 0 Å². The number of hydrogen-bond acceptors (Lipinski definition) is 2. The predicted octanol–water partition coefficient (Wildman–Crippen LogP) is 5.15. The van der Waals surface area contributed by atoms with Gasteiger partial charge in [0, 0.05) is 0 Å². The van der Waals surface area contributed by atoms with Crippen LogP contribution in [0.15, 0.2) is 33.1 Å². The molecule has 1 heterocycles. The lowest BCUT2D eigenvalue weighted by Gasteiger charge is -2.05. The van der Waals surface area contributed by atoms with E-state index in [2.05, 4.69) is 8.93 Å². The van der Waals surface area contributed by atoms with E-state index in [9.17, 15) is 0 Å². The molecule has 0 bridgehead atoms. The van der Waals surface area contributed by atoms with E-state index in [1.807, 2.05) is 11.9 Å². The van der Waals surface area contributed by atoms with Crippen molar-refractivity contribution in [1.82, 2.24) is 0 Å². The molecule has 2 rings (SSSR count). The van der Waals surface area contributed by atoms with Crippen molar-refractivity contribution in [1.29, 1.82) is 0 Å². The molecule has 2 nitrogen and oxygen atoms in total. The summed E-state index contributed by atoms with van der Waals surface area (Å²) in [6.45, 7) is 0. The van der Waals surface area contributed by atoms with E-state index in [-0.39, 0.29) is 0 Å². The molecule has 0 spiro atoms. The Morgan fingerprint density at radius 2 is 1.27 bits per heavy atom. The lowest BCUT2D eigenvalue weighted by molar-refractivity contribution is 0.102. The molecule has 0 N–H and O–H groups in total. The SMILES string of the molecule is C1CCCCCCC1.c1cc[pH]ooc1. The van der Waals surface area contributed by atoms with Crippen LogP contribution in [-0.4, -0.2) is 0 Å². The first-order valence-electron chi connectivity index (χ1n) is 5.90. The highest BCUT2D eigenvalue weighted by molar-refractivity contribution is 7.21. The third-order valence-electron chi connectivity index (χ3n) is 2.51. The molecule has 0 aliphatic heterocycles. The molecular weight excluding hydrogens is 207 g/mol. The second-order valence-electron chi connectivity index (χ2n) is 3.81. The number of hydrogen-bond donors (Lipinski definition) is 0. The van der Waals surface area contributed by atoms with Gasteiger partial charge in [-0.3, -0.25) is 8.93 Å². The van der Waals surface area contributed by atoms with Crippen molar-refractivity contribution in [2.45, 2.75) is 51.4 Å². The van der Waals surface area contributed by atoms with Gasteiger partial charge in [-0.25, -0.2) is 0 Å². The zero-order chi connectivity index (χ0) is 10.6. The van der Waals surface area contributed by atoms with Crippen molar-refractivity contribution in [3.05, 3.63) is 24.2 Å². The van der Waals surface area contributed by atoms with Crippen molar-refractivity contribution in [3.8, 4) is 0 Å². The fourth-order valence-corrected chi connectivity index (χ4v) is 2.03. The Hall–Kier alpha value is -0.620. The van der Waals surface area contributed by atoms with Crippen LogP contribution in [0.25, 0.3) is 0 Å². The monoisotopic (exact) mass is 228 g/mol. The van der Waals surface area contributed by atoms with Crippen molar-refractivity contribution < 1.29 is 8.93 Å². The average Bonchev–Trinajstić information content (AvgIpc) is 2.48. The second kappa shape index (κ2) is 9.92. The van der Waals surface area contributed by atoms with Gasteiger partial charge < -0.3 is 0 Å². The van der Waals surface area contributed by atoms with Crippen LogP contribution in [0.4, 0.5) is 0 Å². The maximum Gasteiger partial charge on any atom is 0.143 e. The molecule has 0 aromatic carbocycles. The molecule has 15 heavy (non-hydrogen) atoms. The summed E-state index contributed by atoms with van der Waals surface area (Å²) in [4.78, 5) is 0. The van der Waals surface area contributed by atoms with E-state index in [4.69, 9.17) is 0 Å². The minimum absolute atomic E-state index is 0.329. The summed E-state index contributed by atoms with van der Waals surface area (Å²) in [7, 11) is 0.329. The molecule has 3 heteroatoms. The minimum atomic E-state index is 0.329. The Morgan fingerprint density at radius 1 is 0.733 bits per heavy atom. The molecule has 1 fully saturated rings. The van der Waals surface area contributed by atoms with Crippen LogP contribution in [0.1, 0.15) is 51.4 Å². The maximum absolute atomic E-state index is 4.55. The first-order chi connectivity index (χ1) is 7.50. The molecule has 1 aliphatic rings. The zero-order valence-electron chi connectivity index (χ0n) is 9.28. The van der Waals surface area contributed by atoms with Crippen LogP contribution in [0.5, 0.6) is 0 Å². The smallest absolute Gasteiger partial charge is 0.143 e. The Labute approximate surface area is 93.5 Å². The van der Waals surface area contributed by atoms with E-state index in [1.165, 1.54) is 57.6 Å². The summed E-state index contributed by atoms with van der Waals surface area (Å²) in [5, 5.41) is 0. The fraction of sp³-hybridized carbons (Fsp3) is 0.667. The van der Waals surface area contributed by atoms with Crippen molar-refractivity contribution in [2.75, 3.05) is 0 Å². The normalized spacial score (nSPS) is 17.1. The first-order valence-corrected chi connectivity index (χ1v) is 6.88. The van der Waals surface area contributed by atoms with E-state index >= 15 is 0 Å². The Morgan fingerprint density at radius 3 is 1.80 bits per heavy atom. The predicted molar refractivity (Wildman–Crippen MR) is 65.0 cm³/mol. The van der Waals surface area contributed by atoms with Crippen molar-refractivity contribution >= 4 is 8.43 Å². The molecule has 0 radical (unpaired) electrons. The summed E-state index contributed by atoms with van der Waals surface area (Å²) in [5.41, 5.74) is 0. The summed E-state index contributed by atoms with van der Waals surface area (Å²) in [6.07, 6.45) is 13.5. The van der Waals surface area contributed by atoms with Crippen LogP contribution < -0.4 is 0 Å². The maximum atomic E-state index is 4.55. The molecule has 1 aliphatic carbocycles. The van der Waals surface area contributed by atoms with E-state index < -0.39 is 0 Å². The Balaban J connectivity index is 0.000000151. The minimum Gasteiger partial charge on any atom is -0.296 e. The molecule has 86 valence electrons. The first kappa shape index (κ1) is 12.4. The standard InChI is InChI=1S/C8H16.C4H5O2P/c1-2-4-6-8-7-5-3-1;1-2-4-7-6-5-3-1/h1-8H2;1-4,7H. The molecule has 1 unspecified atom stereocenters. The van der Waals surface area contributed by atoms with Crippen molar-refractivity contribution in [2.24, 2.45) is 0 Å². The van der Waals surface area contributed by atoms with Gasteiger partial charge in [-0.05, 0) is 11.9 Å². The number of rotatable bonds is 0. The Bertz CT molecular complexity index is 172. The molecule has 0 saturated heterocycles. The lowest BCUT2D eigenvalue weighted by Crippen LogP contribution is -1.85. The van der Waals surface area contributed by atoms with Gasteiger partial charge >= 0.3 is 0 Å². The largest absolute Gasteiger partial charge is 0.296 e. The van der Waals surface area contributed by atoms with E-state index in [1.54, 1.807) is 6.07 Å².